The largest absolute Gasteiger partial charge is 0.496 e. The van der Waals surface area contributed by atoms with E-state index in [2.05, 4.69) is 74.4 Å². The summed E-state index contributed by atoms with van der Waals surface area (Å²) in [6, 6.07) is 17.2. The van der Waals surface area contributed by atoms with Gasteiger partial charge in [-0.1, -0.05) is 23.9 Å². The second-order valence-electron chi connectivity index (χ2n) is 8.21. The lowest BCUT2D eigenvalue weighted by Gasteiger charge is -2.32. The standard InChI is InChI=1S/C26H30N2O3S/c1-27(2)16-8-10-19-23(12-16)32-24-13-17(28(3)4)9-11-20(24)25(19)26-21(30-6)14-18(29-5)15-22(26)31-7/h8-15,25H,1-7H3. The smallest absolute Gasteiger partial charge is 0.130 e. The molecule has 0 aliphatic carbocycles. The third-order valence-electron chi connectivity index (χ3n) is 5.91. The van der Waals surface area contributed by atoms with Crippen molar-refractivity contribution in [2.45, 2.75) is 15.7 Å². The average molecular weight is 451 g/mol. The number of benzene rings is 3. The van der Waals surface area contributed by atoms with Gasteiger partial charge < -0.3 is 24.0 Å². The van der Waals surface area contributed by atoms with Crippen molar-refractivity contribution >= 4 is 23.1 Å². The maximum atomic E-state index is 5.85. The second kappa shape index (κ2) is 8.87. The van der Waals surface area contributed by atoms with Gasteiger partial charge in [0, 0.05) is 73.0 Å². The van der Waals surface area contributed by atoms with Crippen molar-refractivity contribution in [1.29, 1.82) is 0 Å². The third kappa shape index (κ3) is 3.84. The summed E-state index contributed by atoms with van der Waals surface area (Å²) in [5.41, 5.74) is 5.85. The molecule has 0 spiro atoms. The van der Waals surface area contributed by atoms with Crippen LogP contribution >= 0.6 is 11.8 Å². The molecule has 0 bridgehead atoms. The summed E-state index contributed by atoms with van der Waals surface area (Å²) in [6.07, 6.45) is 0. The Morgan fingerprint density at radius 3 is 1.50 bits per heavy atom. The Kier molecular flexibility index (Phi) is 6.15. The highest BCUT2D eigenvalue weighted by Gasteiger charge is 2.33. The van der Waals surface area contributed by atoms with Crippen LogP contribution in [0.25, 0.3) is 0 Å². The Morgan fingerprint density at radius 1 is 0.656 bits per heavy atom. The van der Waals surface area contributed by atoms with Crippen LogP contribution in [0.2, 0.25) is 0 Å². The molecule has 0 atom stereocenters. The van der Waals surface area contributed by atoms with Crippen molar-refractivity contribution in [1.82, 2.24) is 0 Å². The van der Waals surface area contributed by atoms with Gasteiger partial charge in [-0.25, -0.2) is 0 Å². The average Bonchev–Trinajstić information content (AvgIpc) is 2.80. The molecule has 0 radical (unpaired) electrons. The zero-order valence-electron chi connectivity index (χ0n) is 19.7. The predicted molar refractivity (Wildman–Crippen MR) is 133 cm³/mol. The fourth-order valence-corrected chi connectivity index (χ4v) is 5.37. The van der Waals surface area contributed by atoms with Crippen LogP contribution < -0.4 is 24.0 Å². The molecule has 5 nitrogen and oxygen atoms in total. The van der Waals surface area contributed by atoms with Crippen molar-refractivity contribution in [3.05, 3.63) is 65.2 Å². The van der Waals surface area contributed by atoms with Crippen LogP contribution in [0.3, 0.4) is 0 Å². The summed E-state index contributed by atoms with van der Waals surface area (Å²) in [6.45, 7) is 0. The summed E-state index contributed by atoms with van der Waals surface area (Å²) >= 11 is 1.82. The molecule has 0 amide bonds. The van der Waals surface area contributed by atoms with Crippen LogP contribution in [0.5, 0.6) is 17.2 Å². The highest BCUT2D eigenvalue weighted by Crippen LogP contribution is 2.54. The predicted octanol–water partition coefficient (Wildman–Crippen LogP) is 5.49. The van der Waals surface area contributed by atoms with Crippen molar-refractivity contribution in [3.8, 4) is 17.2 Å². The highest BCUT2D eigenvalue weighted by molar-refractivity contribution is 7.99. The number of hydrogen-bond donors (Lipinski definition) is 0. The Hall–Kier alpha value is -2.99. The van der Waals surface area contributed by atoms with E-state index >= 15 is 0 Å². The van der Waals surface area contributed by atoms with E-state index in [4.69, 9.17) is 14.2 Å². The minimum Gasteiger partial charge on any atom is -0.496 e. The maximum absolute atomic E-state index is 5.85. The second-order valence-corrected chi connectivity index (χ2v) is 9.30. The highest BCUT2D eigenvalue weighted by atomic mass is 32.2. The molecule has 4 rings (SSSR count). The molecule has 0 N–H and O–H groups in total. The van der Waals surface area contributed by atoms with Gasteiger partial charge in [0.25, 0.3) is 0 Å². The molecule has 1 heterocycles. The molecule has 32 heavy (non-hydrogen) atoms. The molecular formula is C26H30N2O3S. The first-order chi connectivity index (χ1) is 15.4. The van der Waals surface area contributed by atoms with Crippen LogP contribution in [0.15, 0.2) is 58.3 Å². The Labute approximate surface area is 194 Å². The number of methoxy groups -OCH3 is 3. The number of fused-ring (bicyclic) bond motifs is 2. The number of rotatable bonds is 6. The van der Waals surface area contributed by atoms with E-state index in [1.165, 1.54) is 32.3 Å². The normalized spacial score (nSPS) is 12.6. The van der Waals surface area contributed by atoms with Gasteiger partial charge in [-0.05, 0) is 35.4 Å². The van der Waals surface area contributed by atoms with Crippen LogP contribution in [0.1, 0.15) is 22.6 Å². The summed E-state index contributed by atoms with van der Waals surface area (Å²) in [4.78, 5) is 6.75. The van der Waals surface area contributed by atoms with E-state index in [0.717, 1.165) is 17.1 Å². The van der Waals surface area contributed by atoms with Crippen LogP contribution in [-0.4, -0.2) is 49.5 Å². The first-order valence-electron chi connectivity index (χ1n) is 10.5. The Bertz CT molecular complexity index is 1060. The maximum Gasteiger partial charge on any atom is 0.130 e. The number of hydrogen-bond acceptors (Lipinski definition) is 6. The molecule has 0 aromatic heterocycles. The minimum atomic E-state index is -0.0236. The molecule has 3 aromatic carbocycles. The number of nitrogens with zero attached hydrogens (tertiary/aromatic N) is 2. The Balaban J connectivity index is 2.01. The SMILES string of the molecule is COc1cc(OC)c(C2c3ccc(N(C)C)cc3Sc3cc(N(C)C)ccc32)c(OC)c1. The van der Waals surface area contributed by atoms with Gasteiger partial charge in [0.1, 0.15) is 17.2 Å². The first-order valence-corrected chi connectivity index (χ1v) is 11.3. The van der Waals surface area contributed by atoms with Crippen LogP contribution in [-0.2, 0) is 0 Å². The monoisotopic (exact) mass is 450 g/mol. The molecule has 168 valence electrons. The Morgan fingerprint density at radius 2 is 1.12 bits per heavy atom. The van der Waals surface area contributed by atoms with Crippen LogP contribution in [0.4, 0.5) is 11.4 Å². The first kappa shape index (κ1) is 22.2. The fourth-order valence-electron chi connectivity index (χ4n) is 4.17. The topological polar surface area (TPSA) is 34.2 Å². The zero-order valence-corrected chi connectivity index (χ0v) is 20.5. The van der Waals surface area contributed by atoms with Gasteiger partial charge in [0.2, 0.25) is 0 Å². The number of ether oxygens (including phenoxy) is 3. The van der Waals surface area contributed by atoms with E-state index < -0.39 is 0 Å². The van der Waals surface area contributed by atoms with Crippen molar-refractivity contribution in [2.75, 3.05) is 59.3 Å². The molecular weight excluding hydrogens is 420 g/mol. The zero-order chi connectivity index (χ0) is 23.0. The van der Waals surface area contributed by atoms with E-state index in [1.54, 1.807) is 21.3 Å². The summed E-state index contributed by atoms with van der Waals surface area (Å²) < 4.78 is 17.2. The lowest BCUT2D eigenvalue weighted by molar-refractivity contribution is 0.367. The number of anilines is 2. The van der Waals surface area contributed by atoms with E-state index in [-0.39, 0.29) is 5.92 Å². The summed E-state index contributed by atoms with van der Waals surface area (Å²) in [5, 5.41) is 0. The molecule has 0 saturated carbocycles. The summed E-state index contributed by atoms with van der Waals surface area (Å²) in [5.74, 6) is 2.19. The van der Waals surface area contributed by atoms with Crippen molar-refractivity contribution < 1.29 is 14.2 Å². The molecule has 0 saturated heterocycles. The van der Waals surface area contributed by atoms with E-state index in [0.29, 0.717) is 5.75 Å². The molecule has 1 aliphatic rings. The lowest BCUT2D eigenvalue weighted by atomic mass is 9.83. The molecule has 0 unspecified atom stereocenters. The third-order valence-corrected chi connectivity index (χ3v) is 7.06. The van der Waals surface area contributed by atoms with E-state index in [1.807, 2.05) is 23.9 Å². The van der Waals surface area contributed by atoms with E-state index in [9.17, 15) is 0 Å². The van der Waals surface area contributed by atoms with Crippen LogP contribution in [0, 0.1) is 0 Å². The molecule has 3 aromatic rings. The van der Waals surface area contributed by atoms with Crippen molar-refractivity contribution in [2.24, 2.45) is 0 Å². The molecule has 1 aliphatic heterocycles. The molecule has 6 heteroatoms. The lowest BCUT2D eigenvalue weighted by Crippen LogP contribution is -2.15. The van der Waals surface area contributed by atoms with Crippen molar-refractivity contribution in [3.63, 3.8) is 0 Å². The van der Waals surface area contributed by atoms with Gasteiger partial charge in [-0.3, -0.25) is 0 Å². The van der Waals surface area contributed by atoms with Gasteiger partial charge in [-0.2, -0.15) is 0 Å². The minimum absolute atomic E-state index is 0.0236. The van der Waals surface area contributed by atoms with Gasteiger partial charge in [0.05, 0.1) is 21.3 Å². The quantitative estimate of drug-likeness (QED) is 0.386. The van der Waals surface area contributed by atoms with Gasteiger partial charge in [0.15, 0.2) is 0 Å². The van der Waals surface area contributed by atoms with Gasteiger partial charge >= 0.3 is 0 Å². The van der Waals surface area contributed by atoms with Gasteiger partial charge in [-0.15, -0.1) is 0 Å². The summed E-state index contributed by atoms with van der Waals surface area (Å²) in [7, 11) is 13.3. The molecule has 0 fully saturated rings. The fraction of sp³-hybridized carbons (Fsp3) is 0.308.